The van der Waals surface area contributed by atoms with Gasteiger partial charge in [-0.25, -0.2) is 0 Å². The number of aryl methyl sites for hydroxylation is 1. The molecule has 3 heterocycles. The highest BCUT2D eigenvalue weighted by molar-refractivity contribution is 7.10. The third-order valence-electron chi connectivity index (χ3n) is 3.75. The van der Waals surface area contributed by atoms with E-state index in [4.69, 9.17) is 4.74 Å². The number of thiophene rings is 1. The van der Waals surface area contributed by atoms with Crippen LogP contribution < -0.4 is 4.74 Å². The van der Waals surface area contributed by atoms with Crippen molar-refractivity contribution in [3.63, 3.8) is 0 Å². The molecule has 1 atom stereocenters. The summed E-state index contributed by atoms with van der Waals surface area (Å²) in [5.74, 6) is 0.729. The molecule has 1 saturated heterocycles. The van der Waals surface area contributed by atoms with Crippen molar-refractivity contribution < 1.29 is 9.53 Å². The lowest BCUT2D eigenvalue weighted by Gasteiger charge is -2.24. The molecule has 0 aliphatic carbocycles. The molecule has 2 aromatic heterocycles. The molecule has 2 aromatic rings. The van der Waals surface area contributed by atoms with Gasteiger partial charge in [0.2, 0.25) is 0 Å². The number of hydrogen-bond donors (Lipinski definition) is 0. The van der Waals surface area contributed by atoms with Crippen molar-refractivity contribution >= 4 is 17.2 Å². The number of aromatic nitrogens is 1. The lowest BCUT2D eigenvalue weighted by Crippen LogP contribution is -2.34. The number of rotatable bonds is 4. The molecule has 0 N–H and O–H groups in total. The van der Waals surface area contributed by atoms with E-state index in [1.165, 1.54) is 4.88 Å². The normalized spacial score (nSPS) is 18.0. The second kappa shape index (κ2) is 6.26. The smallest absolute Gasteiger partial charge is 0.261 e. The number of hydrogen-bond acceptors (Lipinski definition) is 4. The van der Waals surface area contributed by atoms with E-state index in [0.717, 1.165) is 25.1 Å². The SMILES string of the molecule is Cc1ncccc1OCC(=O)N1CCCC1c1cccs1. The average Bonchev–Trinajstić information content (AvgIpc) is 3.16. The van der Waals surface area contributed by atoms with E-state index < -0.39 is 0 Å². The summed E-state index contributed by atoms with van der Waals surface area (Å²) in [5.41, 5.74) is 0.807. The van der Waals surface area contributed by atoms with Gasteiger partial charge in [0, 0.05) is 17.6 Å². The fraction of sp³-hybridized carbons (Fsp3) is 0.375. The number of pyridine rings is 1. The molecule has 0 spiro atoms. The van der Waals surface area contributed by atoms with Gasteiger partial charge in [0.1, 0.15) is 5.75 Å². The Morgan fingerprint density at radius 2 is 2.38 bits per heavy atom. The van der Waals surface area contributed by atoms with Gasteiger partial charge in [0.15, 0.2) is 6.61 Å². The zero-order valence-electron chi connectivity index (χ0n) is 12.0. The third-order valence-corrected chi connectivity index (χ3v) is 4.73. The summed E-state index contributed by atoms with van der Waals surface area (Å²) in [6.07, 6.45) is 3.82. The van der Waals surface area contributed by atoms with Crippen molar-refractivity contribution in [1.82, 2.24) is 9.88 Å². The maximum absolute atomic E-state index is 12.4. The molecule has 5 heteroatoms. The van der Waals surface area contributed by atoms with E-state index in [2.05, 4.69) is 16.4 Å². The van der Waals surface area contributed by atoms with Crippen molar-refractivity contribution in [3.05, 3.63) is 46.4 Å². The van der Waals surface area contributed by atoms with Gasteiger partial charge in [-0.2, -0.15) is 0 Å². The van der Waals surface area contributed by atoms with E-state index in [0.29, 0.717) is 5.75 Å². The van der Waals surface area contributed by atoms with Gasteiger partial charge in [-0.05, 0) is 43.3 Å². The largest absolute Gasteiger partial charge is 0.482 e. The van der Waals surface area contributed by atoms with Gasteiger partial charge >= 0.3 is 0 Å². The first-order chi connectivity index (χ1) is 10.3. The Bertz CT molecular complexity index is 612. The van der Waals surface area contributed by atoms with Gasteiger partial charge in [0.05, 0.1) is 11.7 Å². The molecule has 1 fully saturated rings. The fourth-order valence-corrected chi connectivity index (χ4v) is 3.56. The van der Waals surface area contributed by atoms with Crippen LogP contribution in [0.25, 0.3) is 0 Å². The Morgan fingerprint density at radius 1 is 1.48 bits per heavy atom. The van der Waals surface area contributed by atoms with Crippen LogP contribution in [0.15, 0.2) is 35.8 Å². The molecule has 0 aromatic carbocycles. The van der Waals surface area contributed by atoms with Gasteiger partial charge in [0.25, 0.3) is 5.91 Å². The predicted molar refractivity (Wildman–Crippen MR) is 82.5 cm³/mol. The lowest BCUT2D eigenvalue weighted by molar-refractivity contribution is -0.134. The van der Waals surface area contributed by atoms with E-state index in [1.807, 2.05) is 30.0 Å². The summed E-state index contributed by atoms with van der Waals surface area (Å²) in [5, 5.41) is 2.06. The monoisotopic (exact) mass is 302 g/mol. The number of ether oxygens (including phenoxy) is 1. The van der Waals surface area contributed by atoms with Crippen LogP contribution in [-0.4, -0.2) is 28.9 Å². The Kier molecular flexibility index (Phi) is 4.20. The molecule has 21 heavy (non-hydrogen) atoms. The first-order valence-corrected chi connectivity index (χ1v) is 8.01. The van der Waals surface area contributed by atoms with Crippen molar-refractivity contribution in [2.75, 3.05) is 13.2 Å². The molecule has 1 unspecified atom stereocenters. The van der Waals surface area contributed by atoms with E-state index in [-0.39, 0.29) is 18.6 Å². The van der Waals surface area contributed by atoms with E-state index >= 15 is 0 Å². The summed E-state index contributed by atoms with van der Waals surface area (Å²) >= 11 is 1.71. The zero-order valence-corrected chi connectivity index (χ0v) is 12.8. The summed E-state index contributed by atoms with van der Waals surface area (Å²) in [4.78, 5) is 19.8. The van der Waals surface area contributed by atoms with Gasteiger partial charge in [-0.1, -0.05) is 6.07 Å². The van der Waals surface area contributed by atoms with Crippen LogP contribution in [0.4, 0.5) is 0 Å². The molecule has 110 valence electrons. The highest BCUT2D eigenvalue weighted by atomic mass is 32.1. The van der Waals surface area contributed by atoms with Crippen LogP contribution in [0.3, 0.4) is 0 Å². The predicted octanol–water partition coefficient (Wildman–Crippen LogP) is 3.19. The third kappa shape index (κ3) is 3.08. The summed E-state index contributed by atoms with van der Waals surface area (Å²) in [6, 6.07) is 8.02. The van der Waals surface area contributed by atoms with E-state index in [9.17, 15) is 4.79 Å². The van der Waals surface area contributed by atoms with Gasteiger partial charge in [-0.3, -0.25) is 9.78 Å². The van der Waals surface area contributed by atoms with Crippen LogP contribution >= 0.6 is 11.3 Å². The Labute approximate surface area is 128 Å². The van der Waals surface area contributed by atoms with Crippen molar-refractivity contribution in [3.8, 4) is 5.75 Å². The quantitative estimate of drug-likeness (QED) is 0.871. The second-order valence-electron chi connectivity index (χ2n) is 5.14. The number of carbonyl (C=O) groups is 1. The molecular formula is C16H18N2O2S. The highest BCUT2D eigenvalue weighted by Crippen LogP contribution is 2.34. The molecule has 3 rings (SSSR count). The molecule has 0 bridgehead atoms. The van der Waals surface area contributed by atoms with Crippen molar-refractivity contribution in [2.24, 2.45) is 0 Å². The topological polar surface area (TPSA) is 42.4 Å². The van der Waals surface area contributed by atoms with Crippen LogP contribution in [0.5, 0.6) is 5.75 Å². The van der Waals surface area contributed by atoms with Crippen LogP contribution in [-0.2, 0) is 4.79 Å². The molecule has 0 saturated carbocycles. The fourth-order valence-electron chi connectivity index (χ4n) is 2.69. The summed E-state index contributed by atoms with van der Waals surface area (Å²) in [7, 11) is 0. The lowest BCUT2D eigenvalue weighted by atomic mass is 10.2. The van der Waals surface area contributed by atoms with Crippen molar-refractivity contribution in [2.45, 2.75) is 25.8 Å². The number of nitrogens with zero attached hydrogens (tertiary/aromatic N) is 2. The molecule has 1 aliphatic heterocycles. The second-order valence-corrected chi connectivity index (χ2v) is 6.12. The Morgan fingerprint density at radius 3 is 3.14 bits per heavy atom. The first-order valence-electron chi connectivity index (χ1n) is 7.13. The number of carbonyl (C=O) groups excluding carboxylic acids is 1. The van der Waals surface area contributed by atoms with Gasteiger partial charge < -0.3 is 9.64 Å². The minimum absolute atomic E-state index is 0.0501. The van der Waals surface area contributed by atoms with E-state index in [1.54, 1.807) is 17.5 Å². The van der Waals surface area contributed by atoms with Crippen LogP contribution in [0.1, 0.15) is 29.5 Å². The molecular weight excluding hydrogens is 284 g/mol. The maximum atomic E-state index is 12.4. The molecule has 1 amide bonds. The Hall–Kier alpha value is -1.88. The minimum atomic E-state index is 0.0501. The standard InChI is InChI=1S/C16H18N2O2S/c1-12-14(6-2-8-17-12)20-11-16(19)18-9-3-5-13(18)15-7-4-10-21-15/h2,4,6-8,10,13H,3,5,9,11H2,1H3. The average molecular weight is 302 g/mol. The summed E-state index contributed by atoms with van der Waals surface area (Å²) in [6.45, 7) is 2.77. The first kappa shape index (κ1) is 14.1. The van der Waals surface area contributed by atoms with Crippen molar-refractivity contribution in [1.29, 1.82) is 0 Å². The summed E-state index contributed by atoms with van der Waals surface area (Å²) < 4.78 is 5.63. The number of amides is 1. The number of likely N-dealkylation sites (tertiary alicyclic amines) is 1. The molecule has 0 radical (unpaired) electrons. The maximum Gasteiger partial charge on any atom is 0.261 e. The zero-order chi connectivity index (χ0) is 14.7. The van der Waals surface area contributed by atoms with Gasteiger partial charge in [-0.15, -0.1) is 11.3 Å². The van der Waals surface area contributed by atoms with Crippen LogP contribution in [0, 0.1) is 6.92 Å². The minimum Gasteiger partial charge on any atom is -0.482 e. The molecule has 4 nitrogen and oxygen atoms in total. The Balaban J connectivity index is 1.64. The van der Waals surface area contributed by atoms with Crippen LogP contribution in [0.2, 0.25) is 0 Å². The molecule has 1 aliphatic rings. The highest BCUT2D eigenvalue weighted by Gasteiger charge is 2.30.